The highest BCUT2D eigenvalue weighted by Crippen LogP contribution is 2.68. The molecule has 0 saturated heterocycles. The molecule has 0 spiro atoms. The average Bonchev–Trinajstić information content (AvgIpc) is 2.98. The van der Waals surface area contributed by atoms with Crippen LogP contribution < -0.4 is 0 Å². The zero-order chi connectivity index (χ0) is 20.3. The fraction of sp³-hybridized carbons (Fsp3) is 0.958. The van der Waals surface area contributed by atoms with E-state index in [0.29, 0.717) is 35.5 Å². The van der Waals surface area contributed by atoms with Crippen LogP contribution in [0.2, 0.25) is 0 Å². The number of aliphatic hydroxyl groups excluding tert-OH is 2. The van der Waals surface area contributed by atoms with E-state index in [-0.39, 0.29) is 29.5 Å². The van der Waals surface area contributed by atoms with Crippen molar-refractivity contribution in [3.63, 3.8) is 0 Å². The minimum Gasteiger partial charge on any atom is -0.481 e. The molecular formula is C24H40O4. The van der Waals surface area contributed by atoms with Gasteiger partial charge < -0.3 is 15.3 Å². The quantitative estimate of drug-likeness (QED) is 0.659. The third-order valence-corrected chi connectivity index (χ3v) is 10.2. The van der Waals surface area contributed by atoms with Crippen molar-refractivity contribution >= 4 is 5.97 Å². The molecule has 160 valence electrons. The van der Waals surface area contributed by atoms with Gasteiger partial charge in [-0.1, -0.05) is 20.8 Å². The van der Waals surface area contributed by atoms with Crippen LogP contribution in [0.25, 0.3) is 0 Å². The number of hydrogen-bond donors (Lipinski definition) is 3. The minimum absolute atomic E-state index is 0.179. The predicted octanol–water partition coefficient (Wildman–Crippen LogP) is 4.48. The van der Waals surface area contributed by atoms with Crippen LogP contribution in [-0.2, 0) is 4.79 Å². The van der Waals surface area contributed by atoms with Crippen LogP contribution >= 0.6 is 0 Å². The molecule has 0 amide bonds. The van der Waals surface area contributed by atoms with E-state index in [0.717, 1.165) is 32.1 Å². The third kappa shape index (κ3) is 3.14. The lowest BCUT2D eigenvalue weighted by molar-refractivity contribution is -0.174. The van der Waals surface area contributed by atoms with Crippen molar-refractivity contribution < 1.29 is 20.1 Å². The first-order valence-corrected chi connectivity index (χ1v) is 11.7. The second-order valence-corrected chi connectivity index (χ2v) is 11.4. The molecule has 0 bridgehead atoms. The first-order chi connectivity index (χ1) is 13.2. The first-order valence-electron chi connectivity index (χ1n) is 11.7. The molecule has 0 aromatic heterocycles. The van der Waals surface area contributed by atoms with Gasteiger partial charge in [0.2, 0.25) is 0 Å². The Balaban J connectivity index is 1.55. The largest absolute Gasteiger partial charge is 0.481 e. The van der Waals surface area contributed by atoms with Gasteiger partial charge in [-0.05, 0) is 104 Å². The van der Waals surface area contributed by atoms with Crippen LogP contribution in [0.3, 0.4) is 0 Å². The van der Waals surface area contributed by atoms with Crippen molar-refractivity contribution in [2.24, 2.45) is 46.3 Å². The monoisotopic (exact) mass is 392 g/mol. The van der Waals surface area contributed by atoms with Gasteiger partial charge in [-0.15, -0.1) is 0 Å². The van der Waals surface area contributed by atoms with E-state index in [1.54, 1.807) is 0 Å². The fourth-order valence-corrected chi connectivity index (χ4v) is 8.73. The normalized spacial score (nSPS) is 51.7. The van der Waals surface area contributed by atoms with Gasteiger partial charge in [0.25, 0.3) is 0 Å². The van der Waals surface area contributed by atoms with E-state index in [4.69, 9.17) is 5.11 Å². The molecule has 4 nitrogen and oxygen atoms in total. The topological polar surface area (TPSA) is 77.8 Å². The SMILES string of the molecule is C[C@H](CCC(=O)O)C1CCC2C3C(CCC21C)[C@@]1(C)CC[C@@H](O)C[C@H]1C[C@H]3O. The Labute approximate surface area is 170 Å². The van der Waals surface area contributed by atoms with Gasteiger partial charge in [0.15, 0.2) is 0 Å². The molecule has 10 atom stereocenters. The lowest BCUT2D eigenvalue weighted by atomic mass is 9.43. The first kappa shape index (κ1) is 20.7. The highest BCUT2D eigenvalue weighted by molar-refractivity contribution is 5.66. The van der Waals surface area contributed by atoms with Crippen LogP contribution in [0.5, 0.6) is 0 Å². The number of carboxylic acids is 1. The maximum atomic E-state index is 11.2. The summed E-state index contributed by atoms with van der Waals surface area (Å²) in [5.74, 6) is 2.36. The molecule has 4 aliphatic carbocycles. The van der Waals surface area contributed by atoms with Crippen molar-refractivity contribution in [1.29, 1.82) is 0 Å². The number of carboxylic acid groups (broad SMARTS) is 1. The van der Waals surface area contributed by atoms with Gasteiger partial charge in [-0.2, -0.15) is 0 Å². The molecule has 0 aromatic carbocycles. The number of rotatable bonds is 4. The van der Waals surface area contributed by atoms with Gasteiger partial charge >= 0.3 is 5.97 Å². The number of aliphatic hydroxyl groups is 2. The van der Waals surface area contributed by atoms with Crippen molar-refractivity contribution in [3.05, 3.63) is 0 Å². The molecule has 28 heavy (non-hydrogen) atoms. The standard InChI is InChI=1S/C24H40O4/c1-14(4-7-21(27)28)17-5-6-18-22-19(9-11-24(17,18)3)23(2)10-8-16(25)12-15(23)13-20(22)26/h14-20,22,25-26H,4-13H2,1-3H3,(H,27,28)/t14-,15+,16-,17?,18?,19?,20-,22?,23+,24?/m1/s1. The van der Waals surface area contributed by atoms with E-state index >= 15 is 0 Å². The Kier molecular flexibility index (Phi) is 5.36. The summed E-state index contributed by atoms with van der Waals surface area (Å²) in [5, 5.41) is 30.5. The maximum Gasteiger partial charge on any atom is 0.303 e. The molecule has 0 aliphatic heterocycles. The van der Waals surface area contributed by atoms with E-state index < -0.39 is 5.97 Å². The summed E-state index contributed by atoms with van der Waals surface area (Å²) in [7, 11) is 0. The van der Waals surface area contributed by atoms with Gasteiger partial charge in [-0.25, -0.2) is 0 Å². The summed E-state index contributed by atoms with van der Waals surface area (Å²) < 4.78 is 0. The van der Waals surface area contributed by atoms with Crippen LogP contribution in [0.4, 0.5) is 0 Å². The van der Waals surface area contributed by atoms with Crippen LogP contribution in [0.1, 0.15) is 85.0 Å². The number of hydrogen-bond acceptors (Lipinski definition) is 3. The highest BCUT2D eigenvalue weighted by Gasteiger charge is 2.62. The molecule has 0 heterocycles. The fourth-order valence-electron chi connectivity index (χ4n) is 8.73. The van der Waals surface area contributed by atoms with Crippen LogP contribution in [-0.4, -0.2) is 33.5 Å². The molecule has 4 aliphatic rings. The van der Waals surface area contributed by atoms with Crippen molar-refractivity contribution in [1.82, 2.24) is 0 Å². The molecule has 4 rings (SSSR count). The molecule has 4 saturated carbocycles. The van der Waals surface area contributed by atoms with Gasteiger partial charge in [0.05, 0.1) is 12.2 Å². The summed E-state index contributed by atoms with van der Waals surface area (Å²) >= 11 is 0. The maximum absolute atomic E-state index is 11.2. The molecule has 5 unspecified atom stereocenters. The van der Waals surface area contributed by atoms with Crippen LogP contribution in [0, 0.1) is 46.3 Å². The zero-order valence-electron chi connectivity index (χ0n) is 17.9. The lowest BCUT2D eigenvalue weighted by Crippen LogP contribution is -2.58. The number of aliphatic carboxylic acids is 1. The predicted molar refractivity (Wildman–Crippen MR) is 109 cm³/mol. The van der Waals surface area contributed by atoms with E-state index in [2.05, 4.69) is 20.8 Å². The third-order valence-electron chi connectivity index (χ3n) is 10.2. The average molecular weight is 393 g/mol. The molecular weight excluding hydrogens is 352 g/mol. The van der Waals surface area contributed by atoms with Crippen molar-refractivity contribution in [2.75, 3.05) is 0 Å². The number of carbonyl (C=O) groups is 1. The Bertz CT molecular complexity index is 605. The minimum atomic E-state index is -0.684. The van der Waals surface area contributed by atoms with Crippen molar-refractivity contribution in [3.8, 4) is 0 Å². The molecule has 3 N–H and O–H groups in total. The summed E-state index contributed by atoms with van der Waals surface area (Å²) in [5.41, 5.74) is 0.523. The smallest absolute Gasteiger partial charge is 0.303 e. The zero-order valence-corrected chi connectivity index (χ0v) is 17.9. The van der Waals surface area contributed by atoms with Crippen molar-refractivity contribution in [2.45, 2.75) is 97.2 Å². The summed E-state index contributed by atoms with van der Waals surface area (Å²) in [6.07, 6.45) is 9.19. The van der Waals surface area contributed by atoms with E-state index in [1.807, 2.05) is 0 Å². The number of fused-ring (bicyclic) bond motifs is 5. The van der Waals surface area contributed by atoms with Gasteiger partial charge in [0, 0.05) is 6.42 Å². The highest BCUT2D eigenvalue weighted by atomic mass is 16.4. The second kappa shape index (κ2) is 7.27. The summed E-state index contributed by atoms with van der Waals surface area (Å²) in [4.78, 5) is 11.1. The Morgan fingerprint density at radius 1 is 1.00 bits per heavy atom. The van der Waals surface area contributed by atoms with E-state index in [1.165, 1.54) is 25.7 Å². The Morgan fingerprint density at radius 2 is 1.68 bits per heavy atom. The second-order valence-electron chi connectivity index (χ2n) is 11.4. The van der Waals surface area contributed by atoms with Gasteiger partial charge in [-0.3, -0.25) is 4.79 Å². The molecule has 4 heteroatoms. The lowest BCUT2D eigenvalue weighted by Gasteiger charge is -2.62. The van der Waals surface area contributed by atoms with Crippen LogP contribution in [0.15, 0.2) is 0 Å². The molecule has 0 aromatic rings. The van der Waals surface area contributed by atoms with E-state index in [9.17, 15) is 15.0 Å². The Hall–Kier alpha value is -0.610. The Morgan fingerprint density at radius 3 is 2.39 bits per heavy atom. The molecule has 4 fully saturated rings. The molecule has 0 radical (unpaired) electrons. The van der Waals surface area contributed by atoms with Gasteiger partial charge in [0.1, 0.15) is 0 Å². The summed E-state index contributed by atoms with van der Waals surface area (Å²) in [6, 6.07) is 0. The summed E-state index contributed by atoms with van der Waals surface area (Å²) in [6.45, 7) is 7.16.